The van der Waals surface area contributed by atoms with Crippen LogP contribution in [0.5, 0.6) is 0 Å². The molecule has 1 aliphatic heterocycles. The van der Waals surface area contributed by atoms with Crippen LogP contribution in [0.25, 0.3) is 11.1 Å². The van der Waals surface area contributed by atoms with Crippen molar-refractivity contribution in [2.75, 3.05) is 26.2 Å². The number of H-pyrrole nitrogens is 1. The van der Waals surface area contributed by atoms with Gasteiger partial charge < -0.3 is 9.80 Å². The van der Waals surface area contributed by atoms with Gasteiger partial charge in [0.25, 0.3) is 5.91 Å². The highest BCUT2D eigenvalue weighted by atomic mass is 19.1. The molecule has 3 aromatic rings. The number of aromatic amines is 1. The molecule has 2 aromatic carbocycles. The third kappa shape index (κ3) is 4.50. The second-order valence-electron chi connectivity index (χ2n) is 7.72. The maximum Gasteiger partial charge on any atom is 0.271 e. The van der Waals surface area contributed by atoms with E-state index in [-0.39, 0.29) is 23.5 Å². The normalized spacial score (nSPS) is 17.0. The molecule has 1 N–H and O–H groups in total. The van der Waals surface area contributed by atoms with E-state index in [1.54, 1.807) is 40.3 Å². The molecule has 7 heteroatoms. The summed E-state index contributed by atoms with van der Waals surface area (Å²) in [6.07, 6.45) is 2.06. The number of halogens is 1. The highest BCUT2D eigenvalue weighted by Gasteiger charge is 2.32. The number of benzene rings is 2. The number of likely N-dealkylation sites (N-methyl/N-ethyl adjacent to an activating group) is 1. The Morgan fingerprint density at radius 3 is 2.58 bits per heavy atom. The number of carbonyl (C=O) groups is 2. The summed E-state index contributed by atoms with van der Waals surface area (Å²) < 4.78 is 14.1. The van der Waals surface area contributed by atoms with Crippen molar-refractivity contribution in [3.63, 3.8) is 0 Å². The second kappa shape index (κ2) is 9.12. The highest BCUT2D eigenvalue weighted by Crippen LogP contribution is 2.24. The fourth-order valence-electron chi connectivity index (χ4n) is 4.04. The van der Waals surface area contributed by atoms with E-state index in [9.17, 15) is 14.0 Å². The summed E-state index contributed by atoms with van der Waals surface area (Å²) in [4.78, 5) is 29.4. The number of carbonyl (C=O) groups excluding carboxylic acids is 2. The molecule has 1 aliphatic rings. The molecule has 2 heterocycles. The van der Waals surface area contributed by atoms with Crippen LogP contribution < -0.4 is 0 Å². The summed E-state index contributed by atoms with van der Waals surface area (Å²) in [5.41, 5.74) is 2.74. The summed E-state index contributed by atoms with van der Waals surface area (Å²) in [7, 11) is 0. The van der Waals surface area contributed by atoms with E-state index < -0.39 is 0 Å². The smallest absolute Gasteiger partial charge is 0.271 e. The number of nitrogens with one attached hydrogen (secondary N) is 1. The van der Waals surface area contributed by atoms with Crippen molar-refractivity contribution in [2.24, 2.45) is 5.92 Å². The molecular weight excluding hydrogens is 395 g/mol. The zero-order valence-corrected chi connectivity index (χ0v) is 17.4. The van der Waals surface area contributed by atoms with Gasteiger partial charge in [-0.2, -0.15) is 5.10 Å². The van der Waals surface area contributed by atoms with Crippen molar-refractivity contribution in [2.45, 2.75) is 13.3 Å². The van der Waals surface area contributed by atoms with Gasteiger partial charge in [-0.15, -0.1) is 0 Å². The molecule has 0 saturated carbocycles. The summed E-state index contributed by atoms with van der Waals surface area (Å²) in [5, 5.41) is 6.57. The molecule has 1 fully saturated rings. The van der Waals surface area contributed by atoms with Gasteiger partial charge in [0.2, 0.25) is 5.91 Å². The monoisotopic (exact) mass is 420 g/mol. The number of aromatic nitrogens is 2. The van der Waals surface area contributed by atoms with Crippen LogP contribution in [0.1, 0.15) is 23.0 Å². The van der Waals surface area contributed by atoms with Crippen LogP contribution in [0.4, 0.5) is 4.39 Å². The van der Waals surface area contributed by atoms with E-state index >= 15 is 0 Å². The lowest BCUT2D eigenvalue weighted by atomic mass is 9.95. The lowest BCUT2D eigenvalue weighted by molar-refractivity contribution is -0.134. The first-order valence-corrected chi connectivity index (χ1v) is 10.5. The lowest BCUT2D eigenvalue weighted by Gasteiger charge is -2.23. The Morgan fingerprint density at radius 2 is 1.90 bits per heavy atom. The Morgan fingerprint density at radius 1 is 1.13 bits per heavy atom. The number of amides is 2. The average Bonchev–Trinajstić information content (AvgIpc) is 3.28. The zero-order valence-electron chi connectivity index (χ0n) is 17.4. The summed E-state index contributed by atoms with van der Waals surface area (Å²) in [6.45, 7) is 3.90. The number of hydrogen-bond acceptors (Lipinski definition) is 3. The predicted octanol–water partition coefficient (Wildman–Crippen LogP) is 3.38. The lowest BCUT2D eigenvalue weighted by Crippen LogP contribution is -2.38. The minimum atomic E-state index is -0.339. The molecule has 4 rings (SSSR count). The summed E-state index contributed by atoms with van der Waals surface area (Å²) >= 11 is 0. The molecule has 0 radical (unpaired) electrons. The third-order valence-corrected chi connectivity index (χ3v) is 5.76. The number of nitrogens with zero attached hydrogens (tertiary/aromatic N) is 3. The Kier molecular flexibility index (Phi) is 6.11. The standard InChI is InChI=1S/C24H25FN4O2/c1-2-28-13-14-29(24(31)22-11-12-26-27-22)16-19(23(28)30)15-17-7-9-18(10-8-17)20-5-3-4-6-21(20)25/h3-12,19H,2,13-16H2,1H3,(H,26,27). The largest absolute Gasteiger partial charge is 0.341 e. The topological polar surface area (TPSA) is 69.3 Å². The third-order valence-electron chi connectivity index (χ3n) is 5.76. The fourth-order valence-corrected chi connectivity index (χ4v) is 4.04. The quantitative estimate of drug-likeness (QED) is 0.688. The summed E-state index contributed by atoms with van der Waals surface area (Å²) in [5.74, 6) is -0.696. The van der Waals surface area contributed by atoms with Gasteiger partial charge in [-0.1, -0.05) is 42.5 Å². The Bertz CT molecular complexity index is 1050. The van der Waals surface area contributed by atoms with Crippen LogP contribution in [0.3, 0.4) is 0 Å². The Hall–Kier alpha value is -3.48. The molecule has 6 nitrogen and oxygen atoms in total. The van der Waals surface area contributed by atoms with Crippen LogP contribution in [-0.4, -0.2) is 58.0 Å². The molecule has 1 aromatic heterocycles. The average molecular weight is 420 g/mol. The van der Waals surface area contributed by atoms with E-state index in [1.807, 2.05) is 31.2 Å². The molecule has 1 unspecified atom stereocenters. The zero-order chi connectivity index (χ0) is 21.8. The van der Waals surface area contributed by atoms with E-state index in [4.69, 9.17) is 0 Å². The van der Waals surface area contributed by atoms with Crippen molar-refractivity contribution < 1.29 is 14.0 Å². The van der Waals surface area contributed by atoms with E-state index in [1.165, 1.54) is 6.07 Å². The van der Waals surface area contributed by atoms with Crippen molar-refractivity contribution >= 4 is 11.8 Å². The van der Waals surface area contributed by atoms with Crippen molar-refractivity contribution in [3.05, 3.63) is 77.9 Å². The van der Waals surface area contributed by atoms with Gasteiger partial charge in [-0.05, 0) is 36.6 Å². The predicted molar refractivity (Wildman–Crippen MR) is 116 cm³/mol. The molecule has 31 heavy (non-hydrogen) atoms. The molecule has 160 valence electrons. The molecule has 0 bridgehead atoms. The molecule has 2 amide bonds. The maximum atomic E-state index is 14.1. The van der Waals surface area contributed by atoms with Gasteiger partial charge in [0.1, 0.15) is 11.5 Å². The molecule has 0 spiro atoms. The van der Waals surface area contributed by atoms with Gasteiger partial charge >= 0.3 is 0 Å². The second-order valence-corrected chi connectivity index (χ2v) is 7.72. The van der Waals surface area contributed by atoms with Gasteiger partial charge in [-0.25, -0.2) is 4.39 Å². The first-order valence-electron chi connectivity index (χ1n) is 10.5. The van der Waals surface area contributed by atoms with Crippen molar-refractivity contribution in [3.8, 4) is 11.1 Å². The van der Waals surface area contributed by atoms with Crippen LogP contribution in [-0.2, 0) is 11.2 Å². The first kappa shape index (κ1) is 20.8. The minimum absolute atomic E-state index is 0.0561. The maximum absolute atomic E-state index is 14.1. The van der Waals surface area contributed by atoms with Crippen molar-refractivity contribution in [1.82, 2.24) is 20.0 Å². The van der Waals surface area contributed by atoms with E-state index in [2.05, 4.69) is 10.2 Å². The first-order chi connectivity index (χ1) is 15.1. The molecule has 1 saturated heterocycles. The summed E-state index contributed by atoms with van der Waals surface area (Å²) in [6, 6.07) is 15.9. The van der Waals surface area contributed by atoms with Gasteiger partial charge in [0, 0.05) is 37.9 Å². The van der Waals surface area contributed by atoms with Crippen LogP contribution in [0, 0.1) is 11.7 Å². The number of hydrogen-bond donors (Lipinski definition) is 1. The molecule has 1 atom stereocenters. The highest BCUT2D eigenvalue weighted by molar-refractivity contribution is 5.93. The van der Waals surface area contributed by atoms with E-state index in [0.717, 1.165) is 11.1 Å². The number of rotatable bonds is 5. The van der Waals surface area contributed by atoms with Crippen LogP contribution in [0.2, 0.25) is 0 Å². The SMILES string of the molecule is CCN1CCN(C(=O)c2ccn[nH]2)CC(Cc2ccc(-c3ccccc3F)cc2)C1=O. The minimum Gasteiger partial charge on any atom is -0.341 e. The van der Waals surface area contributed by atoms with Crippen LogP contribution in [0.15, 0.2) is 60.8 Å². The van der Waals surface area contributed by atoms with E-state index in [0.29, 0.717) is 43.9 Å². The van der Waals surface area contributed by atoms with Crippen molar-refractivity contribution in [1.29, 1.82) is 0 Å². The van der Waals surface area contributed by atoms with Gasteiger partial charge in [0.15, 0.2) is 0 Å². The fraction of sp³-hybridized carbons (Fsp3) is 0.292. The van der Waals surface area contributed by atoms with Crippen LogP contribution >= 0.6 is 0 Å². The molecular formula is C24H25FN4O2. The van der Waals surface area contributed by atoms with Gasteiger partial charge in [0.05, 0.1) is 5.92 Å². The molecule has 0 aliphatic carbocycles. The van der Waals surface area contributed by atoms with Gasteiger partial charge in [-0.3, -0.25) is 14.7 Å². The Balaban J connectivity index is 1.53. The Labute approximate surface area is 180 Å².